The molecule has 12 nitrogen and oxygen atoms in total. The first-order valence-corrected chi connectivity index (χ1v) is 9.80. The molecule has 0 saturated carbocycles. The van der Waals surface area contributed by atoms with Gasteiger partial charge in [0.15, 0.2) is 0 Å². The molecule has 0 aromatic carbocycles. The second-order valence-electron chi connectivity index (χ2n) is 6.25. The van der Waals surface area contributed by atoms with Gasteiger partial charge in [0, 0.05) is 26.1 Å². The standard InChI is InChI=1S/C16H20BrN7O5/c1-2-23-14(16(26)21-5-7-29-8-6-21)12(9-18-23)19-13(25)3-4-22-10-11(17)15(20-22)24(27)28/h9-10H,2-8H2,1H3,(H,19,25). The summed E-state index contributed by atoms with van der Waals surface area (Å²) in [5, 5.41) is 21.6. The number of nitrogens with one attached hydrogen (secondary N) is 1. The fourth-order valence-corrected chi connectivity index (χ4v) is 3.37. The highest BCUT2D eigenvalue weighted by molar-refractivity contribution is 9.10. The Morgan fingerprint density at radius 3 is 2.72 bits per heavy atom. The molecule has 0 spiro atoms. The number of anilines is 1. The Morgan fingerprint density at radius 2 is 2.10 bits per heavy atom. The zero-order valence-electron chi connectivity index (χ0n) is 15.7. The van der Waals surface area contributed by atoms with Gasteiger partial charge in [-0.2, -0.15) is 9.78 Å². The van der Waals surface area contributed by atoms with Crippen molar-refractivity contribution in [3.8, 4) is 0 Å². The highest BCUT2D eigenvalue weighted by atomic mass is 79.9. The number of nitrogens with zero attached hydrogens (tertiary/aromatic N) is 6. The average Bonchev–Trinajstić information content (AvgIpc) is 3.29. The minimum Gasteiger partial charge on any atom is -0.378 e. The Labute approximate surface area is 174 Å². The number of nitro groups is 1. The van der Waals surface area contributed by atoms with Gasteiger partial charge in [-0.1, -0.05) is 0 Å². The maximum absolute atomic E-state index is 12.9. The summed E-state index contributed by atoms with van der Waals surface area (Å²) in [7, 11) is 0. The monoisotopic (exact) mass is 469 g/mol. The van der Waals surface area contributed by atoms with Crippen LogP contribution in [0.1, 0.15) is 23.8 Å². The largest absolute Gasteiger partial charge is 0.404 e. The van der Waals surface area contributed by atoms with Crippen molar-refractivity contribution in [2.75, 3.05) is 31.6 Å². The molecule has 1 aliphatic rings. The predicted molar refractivity (Wildman–Crippen MR) is 104 cm³/mol. The molecule has 29 heavy (non-hydrogen) atoms. The SMILES string of the molecule is CCn1ncc(NC(=O)CCn2cc(Br)c([N+](=O)[O-])n2)c1C(=O)N1CCOCC1. The molecular weight excluding hydrogens is 450 g/mol. The summed E-state index contributed by atoms with van der Waals surface area (Å²) in [5.74, 6) is -0.881. The van der Waals surface area contributed by atoms with E-state index in [1.165, 1.54) is 17.1 Å². The van der Waals surface area contributed by atoms with E-state index in [1.807, 2.05) is 6.92 Å². The summed E-state index contributed by atoms with van der Waals surface area (Å²) >= 11 is 3.06. The van der Waals surface area contributed by atoms with E-state index in [0.29, 0.717) is 44.2 Å². The molecule has 3 heterocycles. The highest BCUT2D eigenvalue weighted by Gasteiger charge is 2.26. The van der Waals surface area contributed by atoms with E-state index in [2.05, 4.69) is 31.4 Å². The summed E-state index contributed by atoms with van der Waals surface area (Å²) in [4.78, 5) is 37.2. The molecule has 13 heteroatoms. The Morgan fingerprint density at radius 1 is 1.38 bits per heavy atom. The minimum absolute atomic E-state index is 0.0216. The summed E-state index contributed by atoms with van der Waals surface area (Å²) in [6.07, 6.45) is 2.91. The van der Waals surface area contributed by atoms with Crippen molar-refractivity contribution in [2.24, 2.45) is 0 Å². The van der Waals surface area contributed by atoms with Gasteiger partial charge in [0.05, 0.1) is 42.9 Å². The number of ether oxygens (including phenoxy) is 1. The van der Waals surface area contributed by atoms with Gasteiger partial charge in [-0.05, 0) is 27.8 Å². The normalized spacial score (nSPS) is 14.1. The maximum atomic E-state index is 12.9. The van der Waals surface area contributed by atoms with Gasteiger partial charge >= 0.3 is 5.82 Å². The number of rotatable bonds is 7. The zero-order chi connectivity index (χ0) is 21.0. The van der Waals surface area contributed by atoms with Crippen LogP contribution in [0.5, 0.6) is 0 Å². The van der Waals surface area contributed by atoms with Crippen LogP contribution in [0, 0.1) is 10.1 Å². The number of hydrogen-bond donors (Lipinski definition) is 1. The number of morpholine rings is 1. The fourth-order valence-electron chi connectivity index (χ4n) is 2.91. The summed E-state index contributed by atoms with van der Waals surface area (Å²) < 4.78 is 8.38. The lowest BCUT2D eigenvalue weighted by Crippen LogP contribution is -2.41. The van der Waals surface area contributed by atoms with Crippen LogP contribution in [0.15, 0.2) is 16.9 Å². The Kier molecular flexibility index (Phi) is 6.59. The van der Waals surface area contributed by atoms with Gasteiger partial charge in [0.25, 0.3) is 5.91 Å². The molecule has 2 amide bonds. The number of hydrogen-bond acceptors (Lipinski definition) is 7. The second kappa shape index (κ2) is 9.13. The molecular formula is C16H20BrN7O5. The number of carbonyl (C=O) groups is 2. The molecule has 1 saturated heterocycles. The number of aromatic nitrogens is 4. The van der Waals surface area contributed by atoms with Crippen molar-refractivity contribution < 1.29 is 19.2 Å². The maximum Gasteiger partial charge on any atom is 0.404 e. The van der Waals surface area contributed by atoms with Gasteiger partial charge in [-0.25, -0.2) is 0 Å². The summed E-state index contributed by atoms with van der Waals surface area (Å²) in [6.45, 7) is 4.39. The third-order valence-corrected chi connectivity index (χ3v) is 4.91. The molecule has 3 rings (SSSR count). The van der Waals surface area contributed by atoms with Crippen molar-refractivity contribution in [3.05, 3.63) is 32.7 Å². The van der Waals surface area contributed by atoms with Crippen molar-refractivity contribution in [2.45, 2.75) is 26.4 Å². The van der Waals surface area contributed by atoms with E-state index in [0.717, 1.165) is 0 Å². The molecule has 2 aromatic rings. The minimum atomic E-state index is -0.608. The third-order valence-electron chi connectivity index (χ3n) is 4.35. The first-order valence-electron chi connectivity index (χ1n) is 9.00. The lowest BCUT2D eigenvalue weighted by atomic mass is 10.2. The van der Waals surface area contributed by atoms with E-state index in [1.54, 1.807) is 9.58 Å². The van der Waals surface area contributed by atoms with E-state index < -0.39 is 4.92 Å². The van der Waals surface area contributed by atoms with Gasteiger partial charge in [-0.15, -0.1) is 0 Å². The van der Waals surface area contributed by atoms with Crippen molar-refractivity contribution in [3.63, 3.8) is 0 Å². The van der Waals surface area contributed by atoms with Crippen LogP contribution in [0.3, 0.4) is 0 Å². The summed E-state index contributed by atoms with van der Waals surface area (Å²) in [6, 6.07) is 0. The smallest absolute Gasteiger partial charge is 0.378 e. The fraction of sp³-hybridized carbons (Fsp3) is 0.500. The van der Waals surface area contributed by atoms with Crippen LogP contribution in [0.2, 0.25) is 0 Å². The second-order valence-corrected chi connectivity index (χ2v) is 7.10. The van der Waals surface area contributed by atoms with Crippen molar-refractivity contribution in [1.82, 2.24) is 24.5 Å². The van der Waals surface area contributed by atoms with Crippen LogP contribution < -0.4 is 5.32 Å². The van der Waals surface area contributed by atoms with E-state index in [9.17, 15) is 19.7 Å². The van der Waals surface area contributed by atoms with E-state index in [-0.39, 0.29) is 35.1 Å². The third kappa shape index (κ3) is 4.79. The summed E-state index contributed by atoms with van der Waals surface area (Å²) in [5.41, 5.74) is 0.654. The molecule has 2 aromatic heterocycles. The Balaban J connectivity index is 1.67. The molecule has 1 fully saturated rings. The van der Waals surface area contributed by atoms with E-state index in [4.69, 9.17) is 4.74 Å². The number of aryl methyl sites for hydroxylation is 2. The molecule has 0 aliphatic carbocycles. The number of amides is 2. The van der Waals surface area contributed by atoms with Crippen molar-refractivity contribution >= 4 is 39.2 Å². The van der Waals surface area contributed by atoms with Crippen LogP contribution in [-0.4, -0.2) is 67.5 Å². The zero-order valence-corrected chi connectivity index (χ0v) is 17.3. The van der Waals surface area contributed by atoms with Crippen LogP contribution in [-0.2, 0) is 22.6 Å². The molecule has 1 N–H and O–H groups in total. The number of halogens is 1. The van der Waals surface area contributed by atoms with Gasteiger partial charge in [0.2, 0.25) is 5.91 Å². The molecule has 1 aliphatic heterocycles. The van der Waals surface area contributed by atoms with Crippen LogP contribution in [0.4, 0.5) is 11.5 Å². The molecule has 156 valence electrons. The predicted octanol–water partition coefficient (Wildman–Crippen LogP) is 1.27. The first kappa shape index (κ1) is 20.9. The van der Waals surface area contributed by atoms with E-state index >= 15 is 0 Å². The topological polar surface area (TPSA) is 137 Å². The highest BCUT2D eigenvalue weighted by Crippen LogP contribution is 2.22. The van der Waals surface area contributed by atoms with Gasteiger partial charge < -0.3 is 25.1 Å². The molecule has 0 unspecified atom stereocenters. The lowest BCUT2D eigenvalue weighted by molar-refractivity contribution is -0.390. The molecule has 0 atom stereocenters. The Hall–Kier alpha value is -2.80. The number of carbonyl (C=O) groups excluding carboxylic acids is 2. The Bertz CT molecular complexity index is 919. The lowest BCUT2D eigenvalue weighted by Gasteiger charge is -2.27. The molecule has 0 bridgehead atoms. The average molecular weight is 470 g/mol. The quantitative estimate of drug-likeness (QED) is 0.475. The first-order chi connectivity index (χ1) is 13.9. The molecule has 0 radical (unpaired) electrons. The van der Waals surface area contributed by atoms with Crippen LogP contribution in [0.25, 0.3) is 0 Å². The van der Waals surface area contributed by atoms with Crippen molar-refractivity contribution in [1.29, 1.82) is 0 Å². The van der Waals surface area contributed by atoms with Crippen LogP contribution >= 0.6 is 15.9 Å². The van der Waals surface area contributed by atoms with Gasteiger partial charge in [-0.3, -0.25) is 14.3 Å². The van der Waals surface area contributed by atoms with Gasteiger partial charge in [0.1, 0.15) is 10.2 Å².